The van der Waals surface area contributed by atoms with Gasteiger partial charge in [-0.05, 0) is 47.9 Å². The molecule has 1 fully saturated rings. The van der Waals surface area contributed by atoms with Gasteiger partial charge in [0, 0.05) is 23.3 Å². The minimum Gasteiger partial charge on any atom is -0.300 e. The number of carbonyl (C=O) groups is 2. The molecule has 0 spiro atoms. The Bertz CT molecular complexity index is 975. The molecule has 0 saturated heterocycles. The highest BCUT2D eigenvalue weighted by atomic mass is 19.1. The summed E-state index contributed by atoms with van der Waals surface area (Å²) in [7, 11) is 0. The van der Waals surface area contributed by atoms with Crippen LogP contribution in [0.1, 0.15) is 28.8 Å². The fourth-order valence-corrected chi connectivity index (χ4v) is 3.89. The lowest BCUT2D eigenvalue weighted by molar-refractivity contribution is -0.118. The van der Waals surface area contributed by atoms with Crippen molar-refractivity contribution in [3.63, 3.8) is 0 Å². The van der Waals surface area contributed by atoms with Gasteiger partial charge in [0.05, 0.1) is 0 Å². The molecule has 0 heterocycles. The summed E-state index contributed by atoms with van der Waals surface area (Å²) in [5.74, 6) is -1.22. The smallest absolute Gasteiger partial charge is 0.167 e. The maximum atomic E-state index is 13.1. The Morgan fingerprint density at radius 1 is 0.741 bits per heavy atom. The second kappa shape index (κ2) is 6.92. The molecule has 1 saturated carbocycles. The summed E-state index contributed by atoms with van der Waals surface area (Å²) in [5, 5.41) is 0. The maximum absolute atomic E-state index is 13.1. The summed E-state index contributed by atoms with van der Waals surface area (Å²) in [6.45, 7) is 1.54. The molecule has 0 radical (unpaired) electrons. The fraction of sp³-hybridized carbons (Fsp3) is 0.167. The van der Waals surface area contributed by atoms with E-state index in [-0.39, 0.29) is 35.1 Å². The van der Waals surface area contributed by atoms with Gasteiger partial charge in [0.25, 0.3) is 0 Å². The third kappa shape index (κ3) is 3.33. The van der Waals surface area contributed by atoms with Crippen molar-refractivity contribution in [1.29, 1.82) is 0 Å². The second-order valence-electron chi connectivity index (χ2n) is 7.05. The van der Waals surface area contributed by atoms with Crippen LogP contribution in [0.15, 0.2) is 78.9 Å². The fourth-order valence-electron chi connectivity index (χ4n) is 3.89. The van der Waals surface area contributed by atoms with Crippen LogP contribution in [0, 0.1) is 17.7 Å². The highest BCUT2D eigenvalue weighted by Gasteiger charge is 2.57. The normalized spacial score (nSPS) is 20.9. The third-order valence-electron chi connectivity index (χ3n) is 5.32. The molecular formula is C24H19FO2. The van der Waals surface area contributed by atoms with Crippen LogP contribution in [0.25, 0.3) is 11.1 Å². The molecule has 0 aliphatic heterocycles. The van der Waals surface area contributed by atoms with Gasteiger partial charge < -0.3 is 0 Å². The Balaban J connectivity index is 1.59. The first kappa shape index (κ1) is 17.3. The van der Waals surface area contributed by atoms with Gasteiger partial charge >= 0.3 is 0 Å². The molecule has 3 heteroatoms. The van der Waals surface area contributed by atoms with Gasteiger partial charge in [0.2, 0.25) is 0 Å². The molecule has 3 aromatic carbocycles. The van der Waals surface area contributed by atoms with Gasteiger partial charge in [0.15, 0.2) is 5.78 Å². The van der Waals surface area contributed by atoms with Crippen LogP contribution >= 0.6 is 0 Å². The Kier molecular flexibility index (Phi) is 4.44. The summed E-state index contributed by atoms with van der Waals surface area (Å²) in [4.78, 5) is 24.9. The van der Waals surface area contributed by atoms with Crippen molar-refractivity contribution < 1.29 is 14.0 Å². The minimum atomic E-state index is -0.376. The monoisotopic (exact) mass is 358 g/mol. The predicted molar refractivity (Wildman–Crippen MR) is 103 cm³/mol. The number of halogens is 1. The minimum absolute atomic E-state index is 0.0209. The van der Waals surface area contributed by atoms with E-state index in [4.69, 9.17) is 0 Å². The second-order valence-corrected chi connectivity index (χ2v) is 7.05. The van der Waals surface area contributed by atoms with Gasteiger partial charge in [-0.15, -0.1) is 0 Å². The van der Waals surface area contributed by atoms with E-state index in [0.29, 0.717) is 5.56 Å². The van der Waals surface area contributed by atoms with Crippen LogP contribution in [-0.2, 0) is 4.79 Å². The first-order valence-corrected chi connectivity index (χ1v) is 9.02. The molecule has 0 N–H and O–H groups in total. The lowest BCUT2D eigenvalue weighted by Gasteiger charge is -2.05. The predicted octanol–water partition coefficient (Wildman–Crippen LogP) is 5.29. The van der Waals surface area contributed by atoms with E-state index in [9.17, 15) is 14.0 Å². The molecule has 0 aromatic heterocycles. The SMILES string of the molecule is CC(=O)C1C(C(=O)c2ccc(F)cc2)C1c1ccc(-c2ccccc2)cc1. The summed E-state index contributed by atoms with van der Waals surface area (Å²) in [6, 6.07) is 23.7. The Morgan fingerprint density at radius 3 is 1.93 bits per heavy atom. The lowest BCUT2D eigenvalue weighted by Crippen LogP contribution is -2.06. The summed E-state index contributed by atoms with van der Waals surface area (Å²) in [6.07, 6.45) is 0. The highest BCUT2D eigenvalue weighted by Crippen LogP contribution is 2.56. The van der Waals surface area contributed by atoms with Crippen molar-refractivity contribution in [2.75, 3.05) is 0 Å². The van der Waals surface area contributed by atoms with E-state index in [2.05, 4.69) is 0 Å². The van der Waals surface area contributed by atoms with Crippen molar-refractivity contribution >= 4 is 11.6 Å². The molecule has 0 bridgehead atoms. The quantitative estimate of drug-likeness (QED) is 0.581. The van der Waals surface area contributed by atoms with Crippen molar-refractivity contribution in [1.82, 2.24) is 0 Å². The van der Waals surface area contributed by atoms with Crippen LogP contribution in [0.2, 0.25) is 0 Å². The molecule has 1 aliphatic carbocycles. The number of hydrogen-bond acceptors (Lipinski definition) is 2. The van der Waals surface area contributed by atoms with Gasteiger partial charge in [-0.3, -0.25) is 9.59 Å². The maximum Gasteiger partial charge on any atom is 0.167 e. The average Bonchev–Trinajstić information content (AvgIpc) is 3.45. The Hall–Kier alpha value is -3.07. The van der Waals surface area contributed by atoms with Crippen molar-refractivity contribution in [3.8, 4) is 11.1 Å². The first-order valence-electron chi connectivity index (χ1n) is 9.02. The van der Waals surface area contributed by atoms with Gasteiger partial charge in [0.1, 0.15) is 11.6 Å². The number of benzene rings is 3. The molecule has 4 rings (SSSR count). The van der Waals surface area contributed by atoms with E-state index >= 15 is 0 Å². The van der Waals surface area contributed by atoms with Crippen LogP contribution in [0.4, 0.5) is 4.39 Å². The molecule has 134 valence electrons. The lowest BCUT2D eigenvalue weighted by atomic mass is 10.00. The number of Topliss-reactive ketones (excluding diaryl/α,β-unsaturated/α-hetero) is 2. The van der Waals surface area contributed by atoms with Gasteiger partial charge in [-0.1, -0.05) is 54.6 Å². The topological polar surface area (TPSA) is 34.1 Å². The summed E-state index contributed by atoms with van der Waals surface area (Å²) >= 11 is 0. The van der Waals surface area contributed by atoms with E-state index < -0.39 is 0 Å². The zero-order valence-corrected chi connectivity index (χ0v) is 14.9. The Morgan fingerprint density at radius 2 is 1.33 bits per heavy atom. The first-order chi connectivity index (χ1) is 13.1. The summed E-state index contributed by atoms with van der Waals surface area (Å²) < 4.78 is 13.1. The largest absolute Gasteiger partial charge is 0.300 e. The van der Waals surface area contributed by atoms with E-state index in [0.717, 1.165) is 16.7 Å². The van der Waals surface area contributed by atoms with Crippen molar-refractivity contribution in [3.05, 3.63) is 95.8 Å². The van der Waals surface area contributed by atoms with E-state index in [1.54, 1.807) is 0 Å². The Labute approximate surface area is 157 Å². The molecule has 27 heavy (non-hydrogen) atoms. The molecule has 0 amide bonds. The molecular weight excluding hydrogens is 339 g/mol. The molecule has 3 unspecified atom stereocenters. The molecule has 1 aliphatic rings. The third-order valence-corrected chi connectivity index (χ3v) is 5.32. The van der Waals surface area contributed by atoms with Crippen LogP contribution < -0.4 is 0 Å². The van der Waals surface area contributed by atoms with Crippen molar-refractivity contribution in [2.24, 2.45) is 11.8 Å². The van der Waals surface area contributed by atoms with Crippen LogP contribution in [0.5, 0.6) is 0 Å². The molecule has 3 atom stereocenters. The van der Waals surface area contributed by atoms with Gasteiger partial charge in [-0.2, -0.15) is 0 Å². The standard InChI is InChI=1S/C24H19FO2/c1-15(26)21-22(23(21)24(27)19-11-13-20(25)14-12-19)18-9-7-17(8-10-18)16-5-3-2-4-6-16/h2-14,21-23H,1H3. The number of rotatable bonds is 5. The zero-order chi connectivity index (χ0) is 19.0. The van der Waals surface area contributed by atoms with E-state index in [1.807, 2.05) is 54.6 Å². The van der Waals surface area contributed by atoms with Crippen molar-refractivity contribution in [2.45, 2.75) is 12.8 Å². The molecule has 3 aromatic rings. The van der Waals surface area contributed by atoms with E-state index in [1.165, 1.54) is 31.2 Å². The van der Waals surface area contributed by atoms with Crippen LogP contribution in [0.3, 0.4) is 0 Å². The molecule has 2 nitrogen and oxygen atoms in total. The van der Waals surface area contributed by atoms with Gasteiger partial charge in [-0.25, -0.2) is 4.39 Å². The average molecular weight is 358 g/mol. The zero-order valence-electron chi connectivity index (χ0n) is 14.9. The highest BCUT2D eigenvalue weighted by molar-refractivity contribution is 6.05. The summed E-state index contributed by atoms with van der Waals surface area (Å²) in [5.41, 5.74) is 3.68. The number of carbonyl (C=O) groups excluding carboxylic acids is 2. The number of ketones is 2. The van der Waals surface area contributed by atoms with Crippen LogP contribution in [-0.4, -0.2) is 11.6 Å². The number of hydrogen-bond donors (Lipinski definition) is 0.